The van der Waals surface area contributed by atoms with E-state index in [4.69, 9.17) is 4.74 Å². The van der Waals surface area contributed by atoms with Crippen molar-refractivity contribution < 1.29 is 19.1 Å². The molecule has 0 bridgehead atoms. The number of amides is 3. The zero-order valence-corrected chi connectivity index (χ0v) is 15.1. The molecule has 0 unspecified atom stereocenters. The van der Waals surface area contributed by atoms with Crippen LogP contribution in [0.3, 0.4) is 0 Å². The quantitative estimate of drug-likeness (QED) is 0.578. The second-order valence-corrected chi connectivity index (χ2v) is 6.81. The van der Waals surface area contributed by atoms with E-state index in [1.54, 1.807) is 38.1 Å². The Balaban J connectivity index is 1.50. The molecule has 0 saturated carbocycles. The normalized spacial score (nSPS) is 15.9. The highest BCUT2D eigenvalue weighted by atomic mass is 16.5. The predicted octanol–water partition coefficient (Wildman–Crippen LogP) is 1.08. The van der Waals surface area contributed by atoms with E-state index in [1.165, 1.54) is 0 Å². The van der Waals surface area contributed by atoms with Crippen molar-refractivity contribution in [1.29, 1.82) is 0 Å². The molecule has 1 fully saturated rings. The molecule has 9 heteroatoms. The summed E-state index contributed by atoms with van der Waals surface area (Å²) in [5.74, 6) is -0.571. The lowest BCUT2D eigenvalue weighted by molar-refractivity contribution is -0.145. The average molecular weight is 372 g/mol. The zero-order chi connectivity index (χ0) is 19.6. The van der Waals surface area contributed by atoms with E-state index in [-0.39, 0.29) is 43.3 Å². The second kappa shape index (κ2) is 7.18. The molecule has 2 heterocycles. The van der Waals surface area contributed by atoms with Gasteiger partial charge in [-0.2, -0.15) is 0 Å². The van der Waals surface area contributed by atoms with Crippen LogP contribution in [0, 0.1) is 0 Å². The molecule has 27 heavy (non-hydrogen) atoms. The van der Waals surface area contributed by atoms with Crippen LogP contribution in [0.5, 0.6) is 0 Å². The summed E-state index contributed by atoms with van der Waals surface area (Å²) >= 11 is 0. The van der Waals surface area contributed by atoms with Gasteiger partial charge in [0.1, 0.15) is 18.0 Å². The first-order valence-corrected chi connectivity index (χ1v) is 8.55. The number of hydrogen-bond acceptors (Lipinski definition) is 6. The Morgan fingerprint density at radius 1 is 1.22 bits per heavy atom. The van der Waals surface area contributed by atoms with Crippen LogP contribution in [-0.2, 0) is 20.9 Å². The number of esters is 1. The van der Waals surface area contributed by atoms with Gasteiger partial charge in [0.15, 0.2) is 0 Å². The van der Waals surface area contributed by atoms with Crippen LogP contribution in [0.1, 0.15) is 32.5 Å². The smallest absolute Gasteiger partial charge is 0.325 e. The number of para-hydroxylation sites is 1. The molecule has 3 rings (SSSR count). The molecule has 1 aromatic carbocycles. The minimum Gasteiger partial charge on any atom is -0.458 e. The number of carbonyl (C=O) groups excluding carboxylic acids is 3. The van der Waals surface area contributed by atoms with Crippen LogP contribution in [-0.4, -0.2) is 44.9 Å². The lowest BCUT2D eigenvalue weighted by Crippen LogP contribution is -2.40. The minimum atomic E-state index is -0.925. The number of aromatic nitrogens is 2. The maximum Gasteiger partial charge on any atom is 0.325 e. The van der Waals surface area contributed by atoms with Crippen molar-refractivity contribution in [3.05, 3.63) is 40.4 Å². The van der Waals surface area contributed by atoms with E-state index in [2.05, 4.69) is 15.3 Å². The number of nitrogens with zero attached hydrogens (tertiary/aromatic N) is 2. The number of benzene rings is 1. The first kappa shape index (κ1) is 18.6. The van der Waals surface area contributed by atoms with Crippen LogP contribution in [0.25, 0.3) is 10.9 Å². The van der Waals surface area contributed by atoms with Gasteiger partial charge in [0.25, 0.3) is 11.5 Å². The van der Waals surface area contributed by atoms with Crippen molar-refractivity contribution in [3.8, 4) is 0 Å². The largest absolute Gasteiger partial charge is 0.458 e. The molecule has 0 radical (unpaired) electrons. The number of carbonyl (C=O) groups is 3. The number of nitrogens with one attached hydrogen (secondary N) is 2. The van der Waals surface area contributed by atoms with E-state index in [1.807, 2.05) is 0 Å². The number of aromatic amines is 1. The van der Waals surface area contributed by atoms with E-state index >= 15 is 0 Å². The summed E-state index contributed by atoms with van der Waals surface area (Å²) < 4.78 is 5.12. The molecular weight excluding hydrogens is 352 g/mol. The van der Waals surface area contributed by atoms with Crippen LogP contribution < -0.4 is 10.9 Å². The van der Waals surface area contributed by atoms with E-state index in [9.17, 15) is 19.2 Å². The standard InChI is InChI=1S/C18H20N4O5/c1-18(2)16(25)22(17(26)21-18)9-5-8-14(23)27-10-13-19-12-7-4-3-6-11(12)15(24)20-13/h3-4,6-7H,5,8-10H2,1-2H3,(H,21,26)(H,19,20,24). The summed E-state index contributed by atoms with van der Waals surface area (Å²) in [4.78, 5) is 55.6. The van der Waals surface area contributed by atoms with Gasteiger partial charge in [-0.3, -0.25) is 19.3 Å². The number of urea groups is 1. The molecule has 2 aromatic rings. The van der Waals surface area contributed by atoms with E-state index < -0.39 is 17.5 Å². The van der Waals surface area contributed by atoms with Gasteiger partial charge in [-0.15, -0.1) is 0 Å². The fraction of sp³-hybridized carbons (Fsp3) is 0.389. The fourth-order valence-electron chi connectivity index (χ4n) is 2.83. The molecule has 2 N–H and O–H groups in total. The topological polar surface area (TPSA) is 121 Å². The van der Waals surface area contributed by atoms with Gasteiger partial charge >= 0.3 is 12.0 Å². The van der Waals surface area contributed by atoms with Crippen molar-refractivity contribution in [1.82, 2.24) is 20.2 Å². The maximum atomic E-state index is 12.0. The van der Waals surface area contributed by atoms with Gasteiger partial charge in [-0.1, -0.05) is 12.1 Å². The monoisotopic (exact) mass is 372 g/mol. The molecule has 1 aromatic heterocycles. The molecule has 0 atom stereocenters. The van der Waals surface area contributed by atoms with E-state index in [0.29, 0.717) is 10.9 Å². The van der Waals surface area contributed by atoms with Crippen molar-refractivity contribution in [2.75, 3.05) is 6.54 Å². The van der Waals surface area contributed by atoms with Gasteiger partial charge in [-0.05, 0) is 32.4 Å². The van der Waals surface area contributed by atoms with Crippen molar-refractivity contribution >= 4 is 28.8 Å². The molecular formula is C18H20N4O5. The summed E-state index contributed by atoms with van der Waals surface area (Å²) in [6.45, 7) is 3.22. The molecule has 0 spiro atoms. The maximum absolute atomic E-state index is 12.0. The van der Waals surface area contributed by atoms with Gasteiger partial charge in [0.2, 0.25) is 0 Å². The summed E-state index contributed by atoms with van der Waals surface area (Å²) in [5, 5.41) is 3.04. The molecule has 9 nitrogen and oxygen atoms in total. The Bertz CT molecular complexity index is 966. The van der Waals surface area contributed by atoms with Gasteiger partial charge < -0.3 is 15.0 Å². The van der Waals surface area contributed by atoms with Gasteiger partial charge in [0, 0.05) is 13.0 Å². The second-order valence-electron chi connectivity index (χ2n) is 6.81. The van der Waals surface area contributed by atoms with Crippen LogP contribution in [0.4, 0.5) is 4.79 Å². The minimum absolute atomic E-state index is 0.0370. The number of rotatable bonds is 6. The van der Waals surface area contributed by atoms with E-state index in [0.717, 1.165) is 4.90 Å². The number of H-pyrrole nitrogens is 1. The number of ether oxygens (including phenoxy) is 1. The molecule has 1 aliphatic rings. The lowest BCUT2D eigenvalue weighted by atomic mass is 10.1. The molecule has 1 aliphatic heterocycles. The van der Waals surface area contributed by atoms with Crippen LogP contribution >= 0.6 is 0 Å². The molecule has 1 saturated heterocycles. The summed E-state index contributed by atoms with van der Waals surface area (Å²) in [6.07, 6.45) is 0.324. The third-order valence-electron chi connectivity index (χ3n) is 4.24. The average Bonchev–Trinajstić information content (AvgIpc) is 2.81. The first-order valence-electron chi connectivity index (χ1n) is 8.55. The number of imide groups is 1. The Labute approximate surface area is 154 Å². The highest BCUT2D eigenvalue weighted by molar-refractivity contribution is 6.06. The van der Waals surface area contributed by atoms with Crippen LogP contribution in [0.15, 0.2) is 29.1 Å². The number of hydrogen-bond donors (Lipinski definition) is 2. The third kappa shape index (κ3) is 3.97. The van der Waals surface area contributed by atoms with Crippen molar-refractivity contribution in [2.45, 2.75) is 38.8 Å². The molecule has 142 valence electrons. The molecule has 3 amide bonds. The molecule has 0 aliphatic carbocycles. The summed E-state index contributed by atoms with van der Waals surface area (Å²) in [7, 11) is 0. The first-order chi connectivity index (χ1) is 12.8. The fourth-order valence-corrected chi connectivity index (χ4v) is 2.83. The highest BCUT2D eigenvalue weighted by Gasteiger charge is 2.43. The zero-order valence-electron chi connectivity index (χ0n) is 15.1. The summed E-state index contributed by atoms with van der Waals surface area (Å²) in [6, 6.07) is 6.41. The van der Waals surface area contributed by atoms with Gasteiger partial charge in [-0.25, -0.2) is 9.78 Å². The predicted molar refractivity (Wildman–Crippen MR) is 95.7 cm³/mol. The van der Waals surface area contributed by atoms with Crippen molar-refractivity contribution in [2.24, 2.45) is 0 Å². The Morgan fingerprint density at radius 3 is 2.67 bits per heavy atom. The Morgan fingerprint density at radius 2 is 1.96 bits per heavy atom. The third-order valence-corrected chi connectivity index (χ3v) is 4.24. The van der Waals surface area contributed by atoms with Crippen molar-refractivity contribution in [3.63, 3.8) is 0 Å². The summed E-state index contributed by atoms with van der Waals surface area (Å²) in [5.41, 5.74) is -0.702. The lowest BCUT2D eigenvalue weighted by Gasteiger charge is -2.15. The SMILES string of the molecule is CC1(C)NC(=O)N(CCCC(=O)OCc2nc3ccccc3c(=O)[nH]2)C1=O. The van der Waals surface area contributed by atoms with Crippen LogP contribution in [0.2, 0.25) is 0 Å². The Kier molecular flexibility index (Phi) is 4.93. The van der Waals surface area contributed by atoms with Gasteiger partial charge in [0.05, 0.1) is 10.9 Å². The number of fused-ring (bicyclic) bond motifs is 1. The highest BCUT2D eigenvalue weighted by Crippen LogP contribution is 2.17. The Hall–Kier alpha value is -3.23.